The summed E-state index contributed by atoms with van der Waals surface area (Å²) >= 11 is 5.65. The molecule has 2 aromatic rings. The summed E-state index contributed by atoms with van der Waals surface area (Å²) in [6, 6.07) is 3.87. The van der Waals surface area contributed by atoms with Gasteiger partial charge < -0.3 is 10.1 Å². The zero-order chi connectivity index (χ0) is 15.5. The van der Waals surface area contributed by atoms with Crippen LogP contribution in [0.3, 0.4) is 0 Å². The average Bonchev–Trinajstić information content (AvgIpc) is 2.90. The van der Waals surface area contributed by atoms with Gasteiger partial charge in [-0.2, -0.15) is 0 Å². The second kappa shape index (κ2) is 6.42. The predicted octanol–water partition coefficient (Wildman–Crippen LogP) is 2.44. The number of hydrogen-bond acceptors (Lipinski definition) is 5. The van der Waals surface area contributed by atoms with Crippen LogP contribution in [0.5, 0.6) is 0 Å². The van der Waals surface area contributed by atoms with Gasteiger partial charge in [0.15, 0.2) is 0 Å². The normalized spacial score (nSPS) is 13.1. The lowest BCUT2D eigenvalue weighted by atomic mass is 9.97. The van der Waals surface area contributed by atoms with Crippen LogP contribution in [0.1, 0.15) is 32.6 Å². The molecule has 0 aliphatic carbocycles. The van der Waals surface area contributed by atoms with Crippen LogP contribution in [0, 0.1) is 6.92 Å². The van der Waals surface area contributed by atoms with Crippen LogP contribution in [0.2, 0.25) is 5.28 Å². The molecule has 0 radical (unpaired) electrons. The number of esters is 1. The van der Waals surface area contributed by atoms with E-state index in [4.69, 9.17) is 16.3 Å². The number of ether oxygens (including phenoxy) is 1. The molecular formula is C16H16ClN3O2. The van der Waals surface area contributed by atoms with Crippen LogP contribution in [0.25, 0.3) is 0 Å². The molecule has 1 aromatic carbocycles. The van der Waals surface area contributed by atoms with Crippen molar-refractivity contribution in [3.8, 4) is 0 Å². The molecule has 6 heteroatoms. The summed E-state index contributed by atoms with van der Waals surface area (Å²) in [5, 5.41) is 3.61. The summed E-state index contributed by atoms with van der Waals surface area (Å²) in [4.78, 5) is 19.4. The van der Waals surface area contributed by atoms with Crippen LogP contribution in [0.4, 0.5) is 0 Å². The highest BCUT2D eigenvalue weighted by Crippen LogP contribution is 2.25. The van der Waals surface area contributed by atoms with E-state index in [1.807, 2.05) is 19.1 Å². The Morgan fingerprint density at radius 2 is 2.09 bits per heavy atom. The molecule has 1 aliphatic heterocycles. The van der Waals surface area contributed by atoms with Gasteiger partial charge in [-0.25, -0.2) is 14.8 Å². The number of cyclic esters (lactones) is 1. The van der Waals surface area contributed by atoms with E-state index in [1.54, 1.807) is 12.4 Å². The maximum Gasteiger partial charge on any atom is 0.338 e. The summed E-state index contributed by atoms with van der Waals surface area (Å²) in [5.41, 5.74) is 5.10. The van der Waals surface area contributed by atoms with E-state index < -0.39 is 0 Å². The first-order valence-corrected chi connectivity index (χ1v) is 7.48. The Morgan fingerprint density at radius 1 is 1.32 bits per heavy atom. The Balaban J connectivity index is 1.56. The number of fused-ring (bicyclic) bond motifs is 1. The number of aromatic nitrogens is 2. The number of hydrogen-bond donors (Lipinski definition) is 1. The number of nitrogens with zero attached hydrogens (tertiary/aromatic N) is 2. The zero-order valence-corrected chi connectivity index (χ0v) is 13.0. The fourth-order valence-electron chi connectivity index (χ4n) is 2.55. The third-order valence-corrected chi connectivity index (χ3v) is 4.05. The molecule has 0 unspecified atom stereocenters. The van der Waals surface area contributed by atoms with Gasteiger partial charge in [0.05, 0.1) is 5.56 Å². The Kier molecular flexibility index (Phi) is 4.36. The van der Waals surface area contributed by atoms with Crippen molar-refractivity contribution in [2.75, 3.05) is 6.54 Å². The molecule has 5 nitrogen and oxygen atoms in total. The fourth-order valence-corrected chi connectivity index (χ4v) is 2.65. The zero-order valence-electron chi connectivity index (χ0n) is 12.2. The summed E-state index contributed by atoms with van der Waals surface area (Å²) in [5.74, 6) is -0.217. The van der Waals surface area contributed by atoms with Crippen LogP contribution in [0.15, 0.2) is 24.5 Å². The number of rotatable bonds is 5. The van der Waals surface area contributed by atoms with Crippen molar-refractivity contribution in [3.05, 3.63) is 57.6 Å². The molecule has 3 rings (SSSR count). The van der Waals surface area contributed by atoms with Crippen molar-refractivity contribution in [1.29, 1.82) is 0 Å². The van der Waals surface area contributed by atoms with Gasteiger partial charge in [0.25, 0.3) is 0 Å². The smallest absolute Gasteiger partial charge is 0.338 e. The Morgan fingerprint density at radius 3 is 2.86 bits per heavy atom. The minimum absolute atomic E-state index is 0.217. The highest BCUT2D eigenvalue weighted by Gasteiger charge is 2.23. The molecular weight excluding hydrogens is 302 g/mol. The maximum atomic E-state index is 11.5. The summed E-state index contributed by atoms with van der Waals surface area (Å²) in [7, 11) is 0. The van der Waals surface area contributed by atoms with E-state index in [1.165, 1.54) is 5.56 Å². The number of carbonyl (C=O) groups excluding carboxylic acids is 1. The monoisotopic (exact) mass is 317 g/mol. The van der Waals surface area contributed by atoms with Crippen molar-refractivity contribution in [3.63, 3.8) is 0 Å². The van der Waals surface area contributed by atoms with Gasteiger partial charge in [0.1, 0.15) is 6.61 Å². The Hall–Kier alpha value is -1.98. The van der Waals surface area contributed by atoms with Crippen LogP contribution >= 0.6 is 11.6 Å². The first-order chi connectivity index (χ1) is 10.6. The Labute approximate surface area is 133 Å². The molecule has 22 heavy (non-hydrogen) atoms. The fraction of sp³-hybridized carbons (Fsp3) is 0.312. The molecule has 2 heterocycles. The quantitative estimate of drug-likeness (QED) is 0.521. The standard InChI is InChI=1S/C16H16ClN3O2/c1-10-12(2-3-13-14(10)9-22-15(13)21)4-5-18-6-11-7-19-16(17)20-8-11/h2-3,7-8,18H,4-6,9H2,1H3. The van der Waals surface area contributed by atoms with Gasteiger partial charge in [-0.3, -0.25) is 0 Å². The molecule has 0 bridgehead atoms. The molecule has 0 atom stereocenters. The maximum absolute atomic E-state index is 11.5. The molecule has 0 spiro atoms. The number of nitrogens with one attached hydrogen (secondary N) is 1. The van der Waals surface area contributed by atoms with Crippen LogP contribution in [-0.2, 0) is 24.3 Å². The number of benzene rings is 1. The minimum Gasteiger partial charge on any atom is -0.457 e. The van der Waals surface area contributed by atoms with Crippen molar-refractivity contribution in [2.45, 2.75) is 26.5 Å². The average molecular weight is 318 g/mol. The van der Waals surface area contributed by atoms with E-state index >= 15 is 0 Å². The first kappa shape index (κ1) is 14.9. The van der Waals surface area contributed by atoms with Gasteiger partial charge in [-0.05, 0) is 48.7 Å². The highest BCUT2D eigenvalue weighted by molar-refractivity contribution is 6.28. The first-order valence-electron chi connectivity index (χ1n) is 7.11. The van der Waals surface area contributed by atoms with Gasteiger partial charge >= 0.3 is 5.97 Å². The Bertz CT molecular complexity index is 701. The van der Waals surface area contributed by atoms with Gasteiger partial charge in [-0.1, -0.05) is 6.07 Å². The van der Waals surface area contributed by atoms with Crippen molar-refractivity contribution < 1.29 is 9.53 Å². The second-order valence-corrected chi connectivity index (χ2v) is 5.58. The number of carbonyl (C=O) groups is 1. The van der Waals surface area contributed by atoms with Crippen molar-refractivity contribution in [1.82, 2.24) is 15.3 Å². The van der Waals surface area contributed by atoms with E-state index in [-0.39, 0.29) is 11.3 Å². The molecule has 1 N–H and O–H groups in total. The number of halogens is 1. The molecule has 0 saturated heterocycles. The molecule has 114 valence electrons. The largest absolute Gasteiger partial charge is 0.457 e. The summed E-state index contributed by atoms with van der Waals surface area (Å²) < 4.78 is 5.07. The van der Waals surface area contributed by atoms with E-state index in [0.29, 0.717) is 18.7 Å². The van der Waals surface area contributed by atoms with E-state index in [0.717, 1.165) is 29.7 Å². The SMILES string of the molecule is Cc1c(CCNCc2cnc(Cl)nc2)ccc2c1COC2=O. The van der Waals surface area contributed by atoms with Crippen LogP contribution in [-0.4, -0.2) is 22.5 Å². The molecule has 1 aliphatic rings. The summed E-state index contributed by atoms with van der Waals surface area (Å²) in [6.07, 6.45) is 4.32. The minimum atomic E-state index is -0.217. The molecule has 0 fully saturated rings. The third-order valence-electron chi connectivity index (χ3n) is 3.85. The van der Waals surface area contributed by atoms with Crippen molar-refractivity contribution >= 4 is 17.6 Å². The molecule has 0 saturated carbocycles. The molecule has 1 aromatic heterocycles. The lowest BCUT2D eigenvalue weighted by Crippen LogP contribution is -2.17. The van der Waals surface area contributed by atoms with Gasteiger partial charge in [0, 0.05) is 30.1 Å². The highest BCUT2D eigenvalue weighted by atomic mass is 35.5. The van der Waals surface area contributed by atoms with Gasteiger partial charge in [0.2, 0.25) is 5.28 Å². The lowest BCUT2D eigenvalue weighted by molar-refractivity contribution is 0.0535. The predicted molar refractivity (Wildman–Crippen MR) is 82.8 cm³/mol. The third kappa shape index (κ3) is 3.10. The van der Waals surface area contributed by atoms with Crippen LogP contribution < -0.4 is 5.32 Å². The lowest BCUT2D eigenvalue weighted by Gasteiger charge is -2.10. The van der Waals surface area contributed by atoms with Crippen molar-refractivity contribution in [2.24, 2.45) is 0 Å². The van der Waals surface area contributed by atoms with E-state index in [2.05, 4.69) is 15.3 Å². The summed E-state index contributed by atoms with van der Waals surface area (Å²) in [6.45, 7) is 3.96. The second-order valence-electron chi connectivity index (χ2n) is 5.24. The topological polar surface area (TPSA) is 64.1 Å². The molecule has 0 amide bonds. The van der Waals surface area contributed by atoms with E-state index in [9.17, 15) is 4.79 Å². The van der Waals surface area contributed by atoms with Gasteiger partial charge in [-0.15, -0.1) is 0 Å².